The molecule has 0 radical (unpaired) electrons. The lowest BCUT2D eigenvalue weighted by Crippen LogP contribution is -2.27. The number of thioether (sulfide) groups is 1. The number of aromatic nitrogens is 2. The van der Waals surface area contributed by atoms with E-state index in [2.05, 4.69) is 5.32 Å². The molecule has 0 spiro atoms. The number of carbonyl (C=O) groups is 1. The van der Waals surface area contributed by atoms with Crippen molar-refractivity contribution in [2.24, 2.45) is 0 Å². The molecule has 1 unspecified atom stereocenters. The summed E-state index contributed by atoms with van der Waals surface area (Å²) in [7, 11) is 1.54. The number of aryl methyl sites for hydroxylation is 2. The number of halogens is 1. The number of hydrogen-bond acceptors (Lipinski definition) is 6. The molecule has 1 aliphatic rings. The molecule has 0 saturated carbocycles. The quantitative estimate of drug-likeness (QED) is 0.377. The zero-order valence-electron chi connectivity index (χ0n) is 17.7. The van der Waals surface area contributed by atoms with E-state index >= 15 is 0 Å². The van der Waals surface area contributed by atoms with Crippen molar-refractivity contribution in [1.82, 2.24) is 9.55 Å². The molecule has 6 nitrogen and oxygen atoms in total. The van der Waals surface area contributed by atoms with Gasteiger partial charge in [0.25, 0.3) is 5.56 Å². The van der Waals surface area contributed by atoms with Gasteiger partial charge in [-0.3, -0.25) is 14.2 Å². The lowest BCUT2D eigenvalue weighted by molar-refractivity contribution is -0.115. The third kappa shape index (κ3) is 4.33. The number of nitrogens with one attached hydrogen (secondary N) is 1. The summed E-state index contributed by atoms with van der Waals surface area (Å²) in [6.45, 7) is 4.41. The molecule has 3 aromatic rings. The minimum absolute atomic E-state index is 0.0119. The standard InChI is InChI=1S/C22H24ClN3O3S2/c1-4-10-26-21(28)18-14-6-5-7-17(14)31-20(18)25-22(26)30-12(2)19(27)24-15-11-13(23)8-9-16(15)29-3/h8-9,11-12H,4-7,10H2,1-3H3,(H,24,27). The van der Waals surface area contributed by atoms with Crippen molar-refractivity contribution in [2.45, 2.75) is 56.5 Å². The first kappa shape index (κ1) is 22.2. The molecule has 1 N–H and O–H groups in total. The van der Waals surface area contributed by atoms with Gasteiger partial charge in [-0.2, -0.15) is 0 Å². The molecule has 1 atom stereocenters. The van der Waals surface area contributed by atoms with Gasteiger partial charge in [0, 0.05) is 16.4 Å². The Morgan fingerprint density at radius 2 is 2.23 bits per heavy atom. The van der Waals surface area contributed by atoms with Crippen molar-refractivity contribution in [1.29, 1.82) is 0 Å². The summed E-state index contributed by atoms with van der Waals surface area (Å²) in [4.78, 5) is 33.1. The molecule has 164 valence electrons. The van der Waals surface area contributed by atoms with Crippen LogP contribution in [0.3, 0.4) is 0 Å². The number of methoxy groups -OCH3 is 1. The Kier molecular flexibility index (Phi) is 6.60. The molecule has 31 heavy (non-hydrogen) atoms. The first-order valence-corrected chi connectivity index (χ1v) is 12.4. The Balaban J connectivity index is 1.63. The first-order valence-electron chi connectivity index (χ1n) is 10.3. The summed E-state index contributed by atoms with van der Waals surface area (Å²) in [6, 6.07) is 5.06. The highest BCUT2D eigenvalue weighted by Crippen LogP contribution is 2.36. The SMILES string of the molecule is CCCn1c(SC(C)C(=O)Nc2cc(Cl)ccc2OC)nc2sc3c(c2c1=O)CCC3. The maximum atomic E-state index is 13.3. The van der Waals surface area contributed by atoms with E-state index in [0.717, 1.165) is 35.9 Å². The van der Waals surface area contributed by atoms with Crippen LogP contribution in [0.5, 0.6) is 5.75 Å². The van der Waals surface area contributed by atoms with Crippen LogP contribution in [0.2, 0.25) is 5.02 Å². The number of thiophene rings is 1. The van der Waals surface area contributed by atoms with Crippen molar-refractivity contribution >= 4 is 56.5 Å². The van der Waals surface area contributed by atoms with E-state index in [9.17, 15) is 9.59 Å². The van der Waals surface area contributed by atoms with E-state index in [1.54, 1.807) is 41.0 Å². The average Bonchev–Trinajstić information content (AvgIpc) is 3.31. The Hall–Kier alpha value is -2.03. The highest BCUT2D eigenvalue weighted by atomic mass is 35.5. The van der Waals surface area contributed by atoms with E-state index in [1.165, 1.54) is 29.3 Å². The second-order valence-electron chi connectivity index (χ2n) is 7.48. The number of hydrogen-bond donors (Lipinski definition) is 1. The Morgan fingerprint density at radius 1 is 1.42 bits per heavy atom. The van der Waals surface area contributed by atoms with Crippen LogP contribution in [-0.2, 0) is 24.2 Å². The number of carbonyl (C=O) groups excluding carboxylic acids is 1. The van der Waals surface area contributed by atoms with E-state index in [1.807, 2.05) is 6.92 Å². The number of rotatable bonds is 7. The summed E-state index contributed by atoms with van der Waals surface area (Å²) in [6.07, 6.45) is 3.88. The number of amides is 1. The summed E-state index contributed by atoms with van der Waals surface area (Å²) in [5, 5.41) is 4.27. The van der Waals surface area contributed by atoms with Crippen LogP contribution in [0.15, 0.2) is 28.2 Å². The zero-order chi connectivity index (χ0) is 22.1. The first-order chi connectivity index (χ1) is 14.9. The molecule has 0 saturated heterocycles. The van der Waals surface area contributed by atoms with Gasteiger partial charge in [-0.15, -0.1) is 11.3 Å². The molecule has 0 fully saturated rings. The predicted octanol–water partition coefficient (Wildman–Crippen LogP) is 5.14. The molecular weight excluding hydrogens is 454 g/mol. The fourth-order valence-corrected chi connectivity index (χ4v) is 6.20. The molecule has 1 amide bonds. The van der Waals surface area contributed by atoms with E-state index in [0.29, 0.717) is 28.2 Å². The average molecular weight is 478 g/mol. The maximum Gasteiger partial charge on any atom is 0.263 e. The number of fused-ring (bicyclic) bond motifs is 3. The maximum absolute atomic E-state index is 13.3. The van der Waals surface area contributed by atoms with E-state index < -0.39 is 5.25 Å². The van der Waals surface area contributed by atoms with Gasteiger partial charge < -0.3 is 10.1 Å². The topological polar surface area (TPSA) is 73.2 Å². The highest BCUT2D eigenvalue weighted by Gasteiger charge is 2.25. The molecule has 2 aromatic heterocycles. The minimum Gasteiger partial charge on any atom is -0.495 e. The molecule has 0 aliphatic heterocycles. The van der Waals surface area contributed by atoms with Gasteiger partial charge in [0.1, 0.15) is 10.6 Å². The van der Waals surface area contributed by atoms with Crippen molar-refractivity contribution in [3.05, 3.63) is 44.0 Å². The van der Waals surface area contributed by atoms with E-state index in [4.69, 9.17) is 21.3 Å². The number of anilines is 1. The van der Waals surface area contributed by atoms with Crippen molar-refractivity contribution < 1.29 is 9.53 Å². The van der Waals surface area contributed by atoms with Gasteiger partial charge in [-0.1, -0.05) is 30.3 Å². The van der Waals surface area contributed by atoms with E-state index in [-0.39, 0.29) is 11.5 Å². The lowest BCUT2D eigenvalue weighted by Gasteiger charge is -2.16. The smallest absolute Gasteiger partial charge is 0.263 e. The highest BCUT2D eigenvalue weighted by molar-refractivity contribution is 8.00. The van der Waals surface area contributed by atoms with Crippen molar-refractivity contribution in [3.63, 3.8) is 0 Å². The van der Waals surface area contributed by atoms with Crippen LogP contribution < -0.4 is 15.6 Å². The van der Waals surface area contributed by atoms with Gasteiger partial charge >= 0.3 is 0 Å². The predicted molar refractivity (Wildman–Crippen MR) is 128 cm³/mol. The Bertz CT molecular complexity index is 1200. The lowest BCUT2D eigenvalue weighted by atomic mass is 10.2. The number of ether oxygens (including phenoxy) is 1. The van der Waals surface area contributed by atoms with Gasteiger partial charge in [-0.25, -0.2) is 4.98 Å². The largest absolute Gasteiger partial charge is 0.495 e. The third-order valence-electron chi connectivity index (χ3n) is 5.31. The Labute approximate surface area is 194 Å². The normalized spacial score (nSPS) is 13.9. The van der Waals surface area contributed by atoms with Gasteiger partial charge in [0.2, 0.25) is 5.91 Å². The molecule has 2 heterocycles. The number of benzene rings is 1. The van der Waals surface area contributed by atoms with Gasteiger partial charge in [-0.05, 0) is 56.4 Å². The zero-order valence-corrected chi connectivity index (χ0v) is 20.0. The summed E-state index contributed by atoms with van der Waals surface area (Å²) in [5.74, 6) is 0.321. The monoisotopic (exact) mass is 477 g/mol. The van der Waals surface area contributed by atoms with Crippen molar-refractivity contribution in [3.8, 4) is 5.75 Å². The van der Waals surface area contributed by atoms with Gasteiger partial charge in [0.05, 0.1) is 23.4 Å². The third-order valence-corrected chi connectivity index (χ3v) is 7.82. The molecule has 1 aromatic carbocycles. The van der Waals surface area contributed by atoms with Crippen molar-refractivity contribution in [2.75, 3.05) is 12.4 Å². The summed E-state index contributed by atoms with van der Waals surface area (Å²) >= 11 is 8.98. The van der Waals surface area contributed by atoms with Crippen LogP contribution in [0.1, 0.15) is 37.1 Å². The molecule has 9 heteroatoms. The second kappa shape index (κ2) is 9.22. The molecule has 0 bridgehead atoms. The fraction of sp³-hybridized carbons (Fsp3) is 0.409. The summed E-state index contributed by atoms with van der Waals surface area (Å²) < 4.78 is 7.03. The van der Waals surface area contributed by atoms with Crippen LogP contribution in [0.25, 0.3) is 10.2 Å². The molecular formula is C22H24ClN3O3S2. The number of nitrogens with zero attached hydrogens (tertiary/aromatic N) is 2. The minimum atomic E-state index is -0.469. The van der Waals surface area contributed by atoms with Crippen LogP contribution >= 0.6 is 34.7 Å². The molecule has 4 rings (SSSR count). The van der Waals surface area contributed by atoms with Crippen LogP contribution in [0, 0.1) is 0 Å². The second-order valence-corrected chi connectivity index (χ2v) is 10.3. The van der Waals surface area contributed by atoms with Gasteiger partial charge in [0.15, 0.2) is 5.16 Å². The fourth-order valence-electron chi connectivity index (χ4n) is 3.79. The summed E-state index contributed by atoms with van der Waals surface area (Å²) in [5.41, 5.74) is 1.70. The Morgan fingerprint density at radius 3 is 2.97 bits per heavy atom. The van der Waals surface area contributed by atoms with Crippen LogP contribution in [0.4, 0.5) is 5.69 Å². The molecule has 1 aliphatic carbocycles. The van der Waals surface area contributed by atoms with Crippen LogP contribution in [-0.4, -0.2) is 27.8 Å².